The molecule has 0 aliphatic heterocycles. The number of rotatable bonds is 14. The van der Waals surface area contributed by atoms with Gasteiger partial charge in [-0.25, -0.2) is 9.59 Å². The summed E-state index contributed by atoms with van der Waals surface area (Å²) < 4.78 is 13.5. The molecule has 0 saturated carbocycles. The SMILES string of the molecule is CCCC[C@@H](CC)COC(=O)c1c(Br)c(Br)c(Br)c(Br)c1C(=O)OC[C@H](CC)CCCC. The second kappa shape index (κ2) is 15.9. The molecule has 0 unspecified atom stereocenters. The van der Waals surface area contributed by atoms with Crippen LogP contribution in [0.25, 0.3) is 0 Å². The molecule has 182 valence electrons. The van der Waals surface area contributed by atoms with E-state index in [4.69, 9.17) is 9.47 Å². The van der Waals surface area contributed by atoms with Crippen molar-refractivity contribution < 1.29 is 19.1 Å². The van der Waals surface area contributed by atoms with Gasteiger partial charge >= 0.3 is 11.9 Å². The lowest BCUT2D eigenvalue weighted by Crippen LogP contribution is -2.21. The summed E-state index contributed by atoms with van der Waals surface area (Å²) in [7, 11) is 0. The average molecular weight is 706 g/mol. The zero-order valence-electron chi connectivity index (χ0n) is 19.4. The van der Waals surface area contributed by atoms with Gasteiger partial charge < -0.3 is 9.47 Å². The third-order valence-corrected chi connectivity index (χ3v) is 10.4. The molecule has 8 heteroatoms. The Hall–Kier alpha value is 0.0800. The molecule has 0 aromatic heterocycles. The first kappa shape index (κ1) is 30.1. The Morgan fingerprint density at radius 3 is 1.28 bits per heavy atom. The van der Waals surface area contributed by atoms with Crippen molar-refractivity contribution in [1.82, 2.24) is 0 Å². The predicted molar refractivity (Wildman–Crippen MR) is 144 cm³/mol. The van der Waals surface area contributed by atoms with Gasteiger partial charge in [-0.1, -0.05) is 66.2 Å². The van der Waals surface area contributed by atoms with Crippen LogP contribution >= 0.6 is 63.7 Å². The van der Waals surface area contributed by atoms with Gasteiger partial charge in [-0.15, -0.1) is 0 Å². The lowest BCUT2D eigenvalue weighted by Gasteiger charge is -2.19. The first-order valence-electron chi connectivity index (χ1n) is 11.4. The maximum atomic E-state index is 13.1. The number of esters is 2. The summed E-state index contributed by atoms with van der Waals surface area (Å²) in [5.41, 5.74) is 0.341. The van der Waals surface area contributed by atoms with E-state index in [9.17, 15) is 9.59 Å². The summed E-state index contributed by atoms with van der Waals surface area (Å²) in [6.45, 7) is 9.16. The van der Waals surface area contributed by atoms with Gasteiger partial charge in [0.15, 0.2) is 0 Å². The fourth-order valence-electron chi connectivity index (χ4n) is 3.34. The number of hydrogen-bond acceptors (Lipinski definition) is 4. The fourth-order valence-corrected chi connectivity index (χ4v) is 5.78. The molecule has 0 heterocycles. The van der Waals surface area contributed by atoms with Crippen LogP contribution in [0.1, 0.15) is 99.8 Å². The van der Waals surface area contributed by atoms with Crippen LogP contribution in [0.2, 0.25) is 0 Å². The second-order valence-corrected chi connectivity index (χ2v) is 11.2. The Morgan fingerprint density at radius 2 is 1.00 bits per heavy atom. The summed E-state index contributed by atoms with van der Waals surface area (Å²) in [6, 6.07) is 0. The number of unbranched alkanes of at least 4 members (excludes halogenated alkanes) is 2. The molecule has 1 rings (SSSR count). The maximum Gasteiger partial charge on any atom is 0.340 e. The molecule has 0 amide bonds. The minimum Gasteiger partial charge on any atom is -0.462 e. The van der Waals surface area contributed by atoms with Gasteiger partial charge in [0.1, 0.15) is 0 Å². The van der Waals surface area contributed by atoms with Crippen molar-refractivity contribution in [2.45, 2.75) is 79.1 Å². The van der Waals surface area contributed by atoms with E-state index < -0.39 is 11.9 Å². The Labute approximate surface area is 226 Å². The van der Waals surface area contributed by atoms with Crippen LogP contribution < -0.4 is 0 Å². The normalized spacial score (nSPS) is 13.0. The quantitative estimate of drug-likeness (QED) is 0.110. The molecule has 0 bridgehead atoms. The van der Waals surface area contributed by atoms with Crippen molar-refractivity contribution in [1.29, 1.82) is 0 Å². The van der Waals surface area contributed by atoms with Crippen LogP contribution in [0.15, 0.2) is 17.9 Å². The van der Waals surface area contributed by atoms with Gasteiger partial charge in [-0.3, -0.25) is 0 Å². The van der Waals surface area contributed by atoms with Gasteiger partial charge in [0.2, 0.25) is 0 Å². The van der Waals surface area contributed by atoms with Crippen LogP contribution in [-0.4, -0.2) is 25.2 Å². The van der Waals surface area contributed by atoms with Crippen LogP contribution in [0, 0.1) is 11.8 Å². The van der Waals surface area contributed by atoms with E-state index in [1.165, 1.54) is 0 Å². The van der Waals surface area contributed by atoms with Crippen molar-refractivity contribution in [3.63, 3.8) is 0 Å². The Morgan fingerprint density at radius 1 is 0.656 bits per heavy atom. The molecule has 0 fully saturated rings. The molecule has 0 radical (unpaired) electrons. The highest BCUT2D eigenvalue weighted by Gasteiger charge is 2.30. The zero-order chi connectivity index (χ0) is 24.3. The Kier molecular flexibility index (Phi) is 14.9. The number of hydrogen-bond donors (Lipinski definition) is 0. The Balaban J connectivity index is 3.15. The molecule has 4 nitrogen and oxygen atoms in total. The maximum absolute atomic E-state index is 13.1. The second-order valence-electron chi connectivity index (χ2n) is 8.04. The standard InChI is InChI=1S/C24H34Br4O4/c1-5-9-11-15(7-3)13-31-23(29)17-18(20(26)22(28)21(27)19(17)25)24(30)32-14-16(8-4)12-10-6-2/h15-16H,5-14H2,1-4H3/t15-,16-/m1/s1. The van der Waals surface area contributed by atoms with E-state index in [2.05, 4.69) is 91.4 Å². The fraction of sp³-hybridized carbons (Fsp3) is 0.667. The van der Waals surface area contributed by atoms with Gasteiger partial charge in [-0.2, -0.15) is 0 Å². The van der Waals surface area contributed by atoms with Crippen LogP contribution in [0.3, 0.4) is 0 Å². The van der Waals surface area contributed by atoms with E-state index in [1.54, 1.807) is 0 Å². The van der Waals surface area contributed by atoms with Gasteiger partial charge in [0.05, 0.1) is 24.3 Å². The molecular formula is C24H34Br4O4. The molecule has 1 aromatic rings. The van der Waals surface area contributed by atoms with Gasteiger partial charge in [0.25, 0.3) is 0 Å². The first-order valence-corrected chi connectivity index (χ1v) is 14.6. The molecule has 2 atom stereocenters. The molecule has 32 heavy (non-hydrogen) atoms. The van der Waals surface area contributed by atoms with Crippen molar-refractivity contribution in [2.24, 2.45) is 11.8 Å². The minimum atomic E-state index is -0.536. The lowest BCUT2D eigenvalue weighted by molar-refractivity contribution is 0.0379. The highest BCUT2D eigenvalue weighted by Crippen LogP contribution is 2.43. The van der Waals surface area contributed by atoms with Crippen LogP contribution in [-0.2, 0) is 9.47 Å². The van der Waals surface area contributed by atoms with E-state index in [-0.39, 0.29) is 11.1 Å². The molecule has 0 spiro atoms. The molecule has 1 aromatic carbocycles. The Bertz CT molecular complexity index is 704. The van der Waals surface area contributed by atoms with E-state index in [0.29, 0.717) is 42.9 Å². The number of benzene rings is 1. The monoisotopic (exact) mass is 702 g/mol. The van der Waals surface area contributed by atoms with E-state index in [0.717, 1.165) is 51.4 Å². The largest absolute Gasteiger partial charge is 0.462 e. The van der Waals surface area contributed by atoms with Crippen LogP contribution in [0.4, 0.5) is 0 Å². The number of carbonyl (C=O) groups excluding carboxylic acids is 2. The molecule has 0 saturated heterocycles. The third kappa shape index (κ3) is 8.70. The third-order valence-electron chi connectivity index (χ3n) is 5.66. The van der Waals surface area contributed by atoms with Crippen molar-refractivity contribution >= 4 is 75.7 Å². The minimum absolute atomic E-state index is 0.170. The highest BCUT2D eigenvalue weighted by atomic mass is 79.9. The first-order chi connectivity index (χ1) is 15.2. The van der Waals surface area contributed by atoms with Crippen molar-refractivity contribution in [3.8, 4) is 0 Å². The summed E-state index contributed by atoms with van der Waals surface area (Å²) in [6.07, 6.45) is 8.32. The topological polar surface area (TPSA) is 52.6 Å². The molecule has 0 aliphatic carbocycles. The van der Waals surface area contributed by atoms with E-state index in [1.807, 2.05) is 0 Å². The number of ether oxygens (including phenoxy) is 2. The summed E-state index contributed by atoms with van der Waals surface area (Å²) in [4.78, 5) is 26.2. The summed E-state index contributed by atoms with van der Waals surface area (Å²) in [5.74, 6) is -0.463. The predicted octanol–water partition coefficient (Wildman–Crippen LogP) is 9.48. The highest BCUT2D eigenvalue weighted by molar-refractivity contribution is 9.15. The van der Waals surface area contributed by atoms with Crippen molar-refractivity contribution in [3.05, 3.63) is 29.0 Å². The summed E-state index contributed by atoms with van der Waals surface area (Å²) >= 11 is 13.9. The van der Waals surface area contributed by atoms with E-state index >= 15 is 0 Å². The molecular weight excluding hydrogens is 672 g/mol. The molecule has 0 aliphatic rings. The summed E-state index contributed by atoms with van der Waals surface area (Å²) in [5, 5.41) is 0. The van der Waals surface area contributed by atoms with Crippen molar-refractivity contribution in [2.75, 3.05) is 13.2 Å². The number of halogens is 4. The van der Waals surface area contributed by atoms with Crippen LogP contribution in [0.5, 0.6) is 0 Å². The average Bonchev–Trinajstić information content (AvgIpc) is 2.79. The number of carbonyl (C=O) groups is 2. The lowest BCUT2D eigenvalue weighted by atomic mass is 10.0. The van der Waals surface area contributed by atoms with Gasteiger partial charge in [0, 0.05) is 17.9 Å². The molecule has 0 N–H and O–H groups in total. The zero-order valence-corrected chi connectivity index (χ0v) is 25.7. The van der Waals surface area contributed by atoms with Gasteiger partial charge in [-0.05, 0) is 88.4 Å². The smallest absolute Gasteiger partial charge is 0.340 e.